The molecule has 2 nitrogen and oxygen atoms in total. The van der Waals surface area contributed by atoms with Gasteiger partial charge in [-0.15, -0.1) is 0 Å². The summed E-state index contributed by atoms with van der Waals surface area (Å²) in [6, 6.07) is 0. The van der Waals surface area contributed by atoms with Crippen LogP contribution < -0.4 is 5.32 Å². The largest absolute Gasteiger partial charge is 0.377 e. The minimum Gasteiger partial charge on any atom is -0.377 e. The lowest BCUT2D eigenvalue weighted by Crippen LogP contribution is -2.35. The molecule has 2 heteroatoms. The number of ether oxygens (including phenoxy) is 1. The molecule has 1 N–H and O–H groups in total. The molecule has 0 aromatic heterocycles. The van der Waals surface area contributed by atoms with Gasteiger partial charge in [-0.1, -0.05) is 6.92 Å². The van der Waals surface area contributed by atoms with Crippen LogP contribution in [-0.4, -0.2) is 25.8 Å². The fourth-order valence-corrected chi connectivity index (χ4v) is 2.49. The lowest BCUT2D eigenvalue weighted by molar-refractivity contribution is 0.105. The zero-order chi connectivity index (χ0) is 9.10. The second kappa shape index (κ2) is 4.43. The van der Waals surface area contributed by atoms with E-state index in [9.17, 15) is 0 Å². The molecule has 13 heavy (non-hydrogen) atoms. The topological polar surface area (TPSA) is 21.3 Å². The molecule has 1 aliphatic heterocycles. The predicted octanol–water partition coefficient (Wildman–Crippen LogP) is 1.80. The molecule has 0 aromatic carbocycles. The average molecular weight is 183 g/mol. The summed E-state index contributed by atoms with van der Waals surface area (Å²) < 4.78 is 5.55. The van der Waals surface area contributed by atoms with E-state index in [0.29, 0.717) is 6.10 Å². The molecule has 1 aliphatic carbocycles. The maximum absolute atomic E-state index is 5.55. The maximum Gasteiger partial charge on any atom is 0.0700 e. The highest BCUT2D eigenvalue weighted by Crippen LogP contribution is 2.32. The van der Waals surface area contributed by atoms with E-state index in [1.165, 1.54) is 32.2 Å². The van der Waals surface area contributed by atoms with E-state index in [4.69, 9.17) is 4.74 Å². The second-order valence-corrected chi connectivity index (χ2v) is 4.74. The van der Waals surface area contributed by atoms with Crippen molar-refractivity contribution in [3.63, 3.8) is 0 Å². The Labute approximate surface area is 81.0 Å². The molecule has 0 unspecified atom stereocenters. The van der Waals surface area contributed by atoms with E-state index in [1.807, 2.05) is 0 Å². The summed E-state index contributed by atoms with van der Waals surface area (Å²) in [7, 11) is 0. The van der Waals surface area contributed by atoms with Crippen LogP contribution in [0.15, 0.2) is 0 Å². The van der Waals surface area contributed by atoms with Gasteiger partial charge < -0.3 is 10.1 Å². The molecular weight excluding hydrogens is 162 g/mol. The summed E-state index contributed by atoms with van der Waals surface area (Å²) in [5, 5.41) is 3.52. The molecule has 0 radical (unpaired) electrons. The average Bonchev–Trinajstić information content (AvgIpc) is 2.53. The highest BCUT2D eigenvalue weighted by Gasteiger charge is 2.25. The Bertz CT molecular complexity index is 148. The summed E-state index contributed by atoms with van der Waals surface area (Å²) in [5.41, 5.74) is 0. The molecule has 0 amide bonds. The van der Waals surface area contributed by atoms with Crippen LogP contribution in [0.2, 0.25) is 0 Å². The standard InChI is InChI=1S/C11H21NO/c1-9-5-10(6-9)7-12-8-11-3-2-4-13-11/h9-12H,2-8H2,1H3/t9?,10?,11-/m1/s1. The summed E-state index contributed by atoms with van der Waals surface area (Å²) in [6.07, 6.45) is 5.88. The van der Waals surface area contributed by atoms with Crippen molar-refractivity contribution < 1.29 is 4.74 Å². The van der Waals surface area contributed by atoms with Crippen molar-refractivity contribution in [1.82, 2.24) is 5.32 Å². The van der Waals surface area contributed by atoms with Gasteiger partial charge in [0.05, 0.1) is 6.10 Å². The van der Waals surface area contributed by atoms with Crippen molar-refractivity contribution in [3.8, 4) is 0 Å². The van der Waals surface area contributed by atoms with Crippen LogP contribution in [0.25, 0.3) is 0 Å². The Morgan fingerprint density at radius 3 is 2.77 bits per heavy atom. The molecule has 0 spiro atoms. The number of hydrogen-bond acceptors (Lipinski definition) is 2. The van der Waals surface area contributed by atoms with E-state index >= 15 is 0 Å². The Morgan fingerprint density at radius 1 is 1.31 bits per heavy atom. The summed E-state index contributed by atoms with van der Waals surface area (Å²) in [4.78, 5) is 0. The van der Waals surface area contributed by atoms with Gasteiger partial charge >= 0.3 is 0 Å². The van der Waals surface area contributed by atoms with Crippen LogP contribution in [0, 0.1) is 11.8 Å². The molecule has 0 bridgehead atoms. The molecule has 2 rings (SSSR count). The maximum atomic E-state index is 5.55. The van der Waals surface area contributed by atoms with Crippen molar-refractivity contribution in [2.45, 2.75) is 38.7 Å². The third-order valence-electron chi connectivity index (χ3n) is 3.30. The predicted molar refractivity (Wildman–Crippen MR) is 53.7 cm³/mol. The smallest absolute Gasteiger partial charge is 0.0700 e. The van der Waals surface area contributed by atoms with Crippen LogP contribution in [0.1, 0.15) is 32.6 Å². The normalized spacial score (nSPS) is 39.0. The van der Waals surface area contributed by atoms with Gasteiger partial charge in [0.25, 0.3) is 0 Å². The van der Waals surface area contributed by atoms with Crippen LogP contribution in [0.3, 0.4) is 0 Å². The van der Waals surface area contributed by atoms with E-state index < -0.39 is 0 Å². The van der Waals surface area contributed by atoms with Crippen LogP contribution in [0.4, 0.5) is 0 Å². The first-order chi connectivity index (χ1) is 6.34. The van der Waals surface area contributed by atoms with Crippen molar-refractivity contribution in [2.75, 3.05) is 19.7 Å². The third-order valence-corrected chi connectivity index (χ3v) is 3.30. The van der Waals surface area contributed by atoms with Crippen molar-refractivity contribution in [3.05, 3.63) is 0 Å². The van der Waals surface area contributed by atoms with Gasteiger partial charge in [-0.3, -0.25) is 0 Å². The highest BCUT2D eigenvalue weighted by atomic mass is 16.5. The van der Waals surface area contributed by atoms with Gasteiger partial charge in [0.1, 0.15) is 0 Å². The van der Waals surface area contributed by atoms with Crippen molar-refractivity contribution in [1.29, 1.82) is 0 Å². The lowest BCUT2D eigenvalue weighted by atomic mass is 9.76. The van der Waals surface area contributed by atoms with Crippen molar-refractivity contribution in [2.24, 2.45) is 11.8 Å². The molecule has 1 heterocycles. The first-order valence-corrected chi connectivity index (χ1v) is 5.67. The molecule has 1 saturated heterocycles. The Morgan fingerprint density at radius 2 is 2.15 bits per heavy atom. The first kappa shape index (κ1) is 9.47. The molecule has 0 aromatic rings. The minimum atomic E-state index is 0.512. The fourth-order valence-electron chi connectivity index (χ4n) is 2.49. The van der Waals surface area contributed by atoms with Gasteiger partial charge in [0.15, 0.2) is 0 Å². The van der Waals surface area contributed by atoms with Gasteiger partial charge in [-0.25, -0.2) is 0 Å². The first-order valence-electron chi connectivity index (χ1n) is 5.67. The van der Waals surface area contributed by atoms with Crippen molar-refractivity contribution >= 4 is 0 Å². The summed E-state index contributed by atoms with van der Waals surface area (Å²) >= 11 is 0. The van der Waals surface area contributed by atoms with Gasteiger partial charge in [-0.05, 0) is 44.1 Å². The molecule has 1 saturated carbocycles. The Balaban J connectivity index is 1.49. The number of nitrogens with one attached hydrogen (secondary N) is 1. The van der Waals surface area contributed by atoms with E-state index in [0.717, 1.165) is 25.0 Å². The van der Waals surface area contributed by atoms with Gasteiger partial charge in [0, 0.05) is 13.2 Å². The minimum absolute atomic E-state index is 0.512. The Kier molecular flexibility index (Phi) is 3.23. The number of rotatable bonds is 4. The van der Waals surface area contributed by atoms with E-state index in [-0.39, 0.29) is 0 Å². The second-order valence-electron chi connectivity index (χ2n) is 4.74. The monoisotopic (exact) mass is 183 g/mol. The molecule has 1 atom stereocenters. The zero-order valence-corrected chi connectivity index (χ0v) is 8.59. The van der Waals surface area contributed by atoms with Crippen LogP contribution in [-0.2, 0) is 4.74 Å². The molecule has 2 aliphatic rings. The summed E-state index contributed by atoms with van der Waals surface area (Å²) in [6.45, 7) is 5.61. The summed E-state index contributed by atoms with van der Waals surface area (Å²) in [5.74, 6) is 1.94. The third kappa shape index (κ3) is 2.68. The van der Waals surface area contributed by atoms with Crippen LogP contribution >= 0.6 is 0 Å². The molecule has 76 valence electrons. The SMILES string of the molecule is CC1CC(CNC[C@H]2CCCO2)C1. The highest BCUT2D eigenvalue weighted by molar-refractivity contribution is 4.78. The fraction of sp³-hybridized carbons (Fsp3) is 1.00. The molecular formula is C11H21NO. The zero-order valence-electron chi connectivity index (χ0n) is 8.59. The van der Waals surface area contributed by atoms with Gasteiger partial charge in [-0.2, -0.15) is 0 Å². The molecule has 2 fully saturated rings. The van der Waals surface area contributed by atoms with E-state index in [1.54, 1.807) is 0 Å². The lowest BCUT2D eigenvalue weighted by Gasteiger charge is -2.33. The number of hydrogen-bond donors (Lipinski definition) is 1. The quantitative estimate of drug-likeness (QED) is 0.717. The Hall–Kier alpha value is -0.0800. The van der Waals surface area contributed by atoms with Crippen LogP contribution in [0.5, 0.6) is 0 Å². The van der Waals surface area contributed by atoms with Gasteiger partial charge in [0.2, 0.25) is 0 Å². The van der Waals surface area contributed by atoms with E-state index in [2.05, 4.69) is 12.2 Å².